The quantitative estimate of drug-likeness (QED) is 0.891. The first-order chi connectivity index (χ1) is 10.4. The van der Waals surface area contributed by atoms with E-state index in [9.17, 15) is 18.0 Å². The highest BCUT2D eigenvalue weighted by Gasteiger charge is 2.33. The highest BCUT2D eigenvalue weighted by molar-refractivity contribution is 7.08. The summed E-state index contributed by atoms with van der Waals surface area (Å²) in [5.41, 5.74) is 0.806. The third-order valence-corrected chi connectivity index (χ3v) is 4.15. The van der Waals surface area contributed by atoms with E-state index in [1.165, 1.54) is 29.4 Å². The average Bonchev–Trinajstić information content (AvgIpc) is 2.91. The standard InChI is InChI=1S/C14H11F3N2O2S/c1-21-12-3-2-9(14(15,16)17)4-11(12)19-5-8-6-22-7-10(8)18-13(19)20/h2-4,6-7H,5H2,1H3,(H,18,20). The number of ether oxygens (including phenoxy) is 1. The van der Waals surface area contributed by atoms with Crippen LogP contribution in [0.2, 0.25) is 0 Å². The summed E-state index contributed by atoms with van der Waals surface area (Å²) in [5.74, 6) is 0.210. The fraction of sp³-hybridized carbons (Fsp3) is 0.214. The zero-order chi connectivity index (χ0) is 15.9. The van der Waals surface area contributed by atoms with Gasteiger partial charge in [0.2, 0.25) is 0 Å². The monoisotopic (exact) mass is 328 g/mol. The van der Waals surface area contributed by atoms with Crippen LogP contribution in [0.5, 0.6) is 5.75 Å². The molecule has 4 nitrogen and oxygen atoms in total. The molecule has 0 bridgehead atoms. The molecule has 0 unspecified atom stereocenters. The molecule has 1 aliphatic rings. The van der Waals surface area contributed by atoms with Gasteiger partial charge in [0.25, 0.3) is 0 Å². The summed E-state index contributed by atoms with van der Waals surface area (Å²) in [4.78, 5) is 13.4. The molecule has 22 heavy (non-hydrogen) atoms. The van der Waals surface area contributed by atoms with Gasteiger partial charge in [-0.1, -0.05) is 0 Å². The van der Waals surface area contributed by atoms with Crippen molar-refractivity contribution >= 4 is 28.7 Å². The number of carbonyl (C=O) groups excluding carboxylic acids is 1. The molecule has 1 aromatic carbocycles. The van der Waals surface area contributed by atoms with Crippen LogP contribution in [0.3, 0.4) is 0 Å². The third kappa shape index (κ3) is 2.50. The van der Waals surface area contributed by atoms with Crippen LogP contribution in [0.1, 0.15) is 11.1 Å². The summed E-state index contributed by atoms with van der Waals surface area (Å²) in [6.07, 6.45) is -4.49. The minimum Gasteiger partial charge on any atom is -0.495 e. The molecule has 116 valence electrons. The van der Waals surface area contributed by atoms with Gasteiger partial charge < -0.3 is 10.1 Å². The predicted molar refractivity (Wildman–Crippen MR) is 77.5 cm³/mol. The van der Waals surface area contributed by atoms with Gasteiger partial charge in [0.1, 0.15) is 5.75 Å². The van der Waals surface area contributed by atoms with Crippen molar-refractivity contribution < 1.29 is 22.7 Å². The lowest BCUT2D eigenvalue weighted by Gasteiger charge is -2.29. The van der Waals surface area contributed by atoms with E-state index in [1.807, 2.05) is 5.38 Å². The first kappa shape index (κ1) is 14.7. The molecule has 1 N–H and O–H groups in total. The van der Waals surface area contributed by atoms with Crippen LogP contribution in [-0.2, 0) is 12.7 Å². The fourth-order valence-electron chi connectivity index (χ4n) is 2.25. The molecule has 0 fully saturated rings. The second kappa shape index (κ2) is 5.20. The number of thiophene rings is 1. The Kier molecular flexibility index (Phi) is 3.48. The Labute approximate surface area is 128 Å². The second-order valence-electron chi connectivity index (χ2n) is 4.71. The van der Waals surface area contributed by atoms with Gasteiger partial charge in [0, 0.05) is 10.9 Å². The SMILES string of the molecule is COc1ccc(C(F)(F)F)cc1N1Cc2cscc2NC1=O. The Hall–Kier alpha value is -2.22. The smallest absolute Gasteiger partial charge is 0.416 e. The van der Waals surface area contributed by atoms with E-state index in [0.717, 1.165) is 17.7 Å². The van der Waals surface area contributed by atoms with Crippen molar-refractivity contribution in [1.82, 2.24) is 0 Å². The topological polar surface area (TPSA) is 41.6 Å². The Morgan fingerprint density at radius 1 is 1.32 bits per heavy atom. The third-order valence-electron chi connectivity index (χ3n) is 3.35. The normalized spacial score (nSPS) is 14.5. The van der Waals surface area contributed by atoms with Gasteiger partial charge in [-0.05, 0) is 23.6 Å². The maximum Gasteiger partial charge on any atom is 0.416 e. The highest BCUT2D eigenvalue weighted by Crippen LogP contribution is 2.39. The number of amides is 2. The van der Waals surface area contributed by atoms with E-state index >= 15 is 0 Å². The first-order valence-corrected chi connectivity index (χ1v) is 7.23. The average molecular weight is 328 g/mol. The van der Waals surface area contributed by atoms with E-state index in [1.54, 1.807) is 5.38 Å². The van der Waals surface area contributed by atoms with E-state index in [-0.39, 0.29) is 18.0 Å². The molecule has 0 radical (unpaired) electrons. The number of rotatable bonds is 2. The molecule has 0 spiro atoms. The Morgan fingerprint density at radius 3 is 2.77 bits per heavy atom. The minimum absolute atomic E-state index is 0.0895. The van der Waals surface area contributed by atoms with Gasteiger partial charge in [0.05, 0.1) is 30.6 Å². The largest absolute Gasteiger partial charge is 0.495 e. The van der Waals surface area contributed by atoms with Gasteiger partial charge in [-0.3, -0.25) is 4.90 Å². The number of hydrogen-bond acceptors (Lipinski definition) is 3. The number of anilines is 2. The molecule has 2 heterocycles. The highest BCUT2D eigenvalue weighted by atomic mass is 32.1. The molecule has 0 atom stereocenters. The van der Waals surface area contributed by atoms with Crippen LogP contribution in [0.4, 0.5) is 29.3 Å². The van der Waals surface area contributed by atoms with E-state index in [0.29, 0.717) is 5.69 Å². The molecule has 2 aromatic rings. The predicted octanol–water partition coefficient (Wildman–Crippen LogP) is 4.33. The number of methoxy groups -OCH3 is 1. The molecule has 0 saturated heterocycles. The minimum atomic E-state index is -4.49. The van der Waals surface area contributed by atoms with Crippen LogP contribution in [0.25, 0.3) is 0 Å². The summed E-state index contributed by atoms with van der Waals surface area (Å²) in [6, 6.07) is 2.59. The molecule has 1 aliphatic heterocycles. The number of fused-ring (bicyclic) bond motifs is 1. The molecule has 2 amide bonds. The number of nitrogens with one attached hydrogen (secondary N) is 1. The van der Waals surface area contributed by atoms with Gasteiger partial charge in [-0.2, -0.15) is 13.2 Å². The number of halogens is 3. The molecule has 0 aliphatic carbocycles. The van der Waals surface area contributed by atoms with Crippen molar-refractivity contribution in [1.29, 1.82) is 0 Å². The van der Waals surface area contributed by atoms with Crippen molar-refractivity contribution in [2.24, 2.45) is 0 Å². The Bertz CT molecular complexity index is 727. The zero-order valence-electron chi connectivity index (χ0n) is 11.4. The van der Waals surface area contributed by atoms with Crippen molar-refractivity contribution in [3.05, 3.63) is 40.1 Å². The zero-order valence-corrected chi connectivity index (χ0v) is 12.2. The Balaban J connectivity index is 2.05. The number of benzene rings is 1. The lowest BCUT2D eigenvalue weighted by molar-refractivity contribution is -0.137. The number of urea groups is 1. The number of carbonyl (C=O) groups is 1. The van der Waals surface area contributed by atoms with Gasteiger partial charge in [0.15, 0.2) is 0 Å². The molecule has 1 aromatic heterocycles. The van der Waals surface area contributed by atoms with E-state index < -0.39 is 17.8 Å². The fourth-order valence-corrected chi connectivity index (χ4v) is 3.03. The van der Waals surface area contributed by atoms with Crippen molar-refractivity contribution in [3.8, 4) is 5.75 Å². The van der Waals surface area contributed by atoms with Crippen LogP contribution < -0.4 is 15.0 Å². The summed E-state index contributed by atoms with van der Waals surface area (Å²) >= 11 is 1.42. The first-order valence-electron chi connectivity index (χ1n) is 6.29. The van der Waals surface area contributed by atoms with Crippen LogP contribution in [0, 0.1) is 0 Å². The lowest BCUT2D eigenvalue weighted by Crippen LogP contribution is -2.38. The summed E-state index contributed by atoms with van der Waals surface area (Å²) in [6.45, 7) is 0.197. The number of nitrogens with zero attached hydrogens (tertiary/aromatic N) is 1. The van der Waals surface area contributed by atoms with Crippen LogP contribution in [0.15, 0.2) is 29.0 Å². The molecule has 3 rings (SSSR count). The lowest BCUT2D eigenvalue weighted by atomic mass is 10.1. The van der Waals surface area contributed by atoms with Crippen molar-refractivity contribution in [2.45, 2.75) is 12.7 Å². The van der Waals surface area contributed by atoms with Crippen LogP contribution in [-0.4, -0.2) is 13.1 Å². The van der Waals surface area contributed by atoms with Gasteiger partial charge >= 0.3 is 12.2 Å². The maximum absolute atomic E-state index is 12.9. The molecular formula is C14H11F3N2O2S. The van der Waals surface area contributed by atoms with Crippen molar-refractivity contribution in [2.75, 3.05) is 17.3 Å². The van der Waals surface area contributed by atoms with Crippen molar-refractivity contribution in [3.63, 3.8) is 0 Å². The molecular weight excluding hydrogens is 317 g/mol. The maximum atomic E-state index is 12.9. The number of alkyl halides is 3. The van der Waals surface area contributed by atoms with Gasteiger partial charge in [-0.15, -0.1) is 11.3 Å². The summed E-state index contributed by atoms with van der Waals surface area (Å²) in [5, 5.41) is 6.29. The van der Waals surface area contributed by atoms with Gasteiger partial charge in [-0.25, -0.2) is 4.79 Å². The van der Waals surface area contributed by atoms with E-state index in [4.69, 9.17) is 4.74 Å². The number of hydrogen-bond donors (Lipinski definition) is 1. The second-order valence-corrected chi connectivity index (χ2v) is 5.45. The molecule has 0 saturated carbocycles. The molecule has 8 heteroatoms. The summed E-state index contributed by atoms with van der Waals surface area (Å²) < 4.78 is 43.8. The summed E-state index contributed by atoms with van der Waals surface area (Å²) in [7, 11) is 1.35. The van der Waals surface area contributed by atoms with E-state index in [2.05, 4.69) is 5.32 Å². The van der Waals surface area contributed by atoms with Crippen LogP contribution >= 0.6 is 11.3 Å². The Morgan fingerprint density at radius 2 is 2.09 bits per heavy atom.